The molecule has 2 aromatic heterocycles. The fourth-order valence-electron chi connectivity index (χ4n) is 3.00. The second-order valence-corrected chi connectivity index (χ2v) is 6.11. The zero-order chi connectivity index (χ0) is 16.1. The first-order valence-corrected chi connectivity index (χ1v) is 8.13. The highest BCUT2D eigenvalue weighted by molar-refractivity contribution is 5.35. The smallest absolute Gasteiger partial charge is 0.213 e. The third-order valence-electron chi connectivity index (χ3n) is 4.21. The van der Waals surface area contributed by atoms with Crippen LogP contribution in [0.1, 0.15) is 17.8 Å². The van der Waals surface area contributed by atoms with Crippen molar-refractivity contribution in [3.05, 3.63) is 47.8 Å². The summed E-state index contributed by atoms with van der Waals surface area (Å²) in [6, 6.07) is 12.0. The van der Waals surface area contributed by atoms with Crippen molar-refractivity contribution in [3.63, 3.8) is 0 Å². The van der Waals surface area contributed by atoms with Gasteiger partial charge in [-0.1, -0.05) is 12.1 Å². The SMILES string of the molecule is COc1cccc(CN2CC[C@@H](CNc3cccc(C)n3)C2)n1. The first-order valence-electron chi connectivity index (χ1n) is 8.13. The number of hydrogen-bond acceptors (Lipinski definition) is 5. The molecule has 5 nitrogen and oxygen atoms in total. The van der Waals surface area contributed by atoms with Crippen molar-refractivity contribution in [2.75, 3.05) is 32.1 Å². The van der Waals surface area contributed by atoms with Crippen LogP contribution in [0.5, 0.6) is 5.88 Å². The van der Waals surface area contributed by atoms with Crippen LogP contribution in [-0.4, -0.2) is 41.6 Å². The van der Waals surface area contributed by atoms with E-state index in [1.807, 2.05) is 37.3 Å². The number of likely N-dealkylation sites (tertiary alicyclic amines) is 1. The summed E-state index contributed by atoms with van der Waals surface area (Å²) in [4.78, 5) is 11.4. The van der Waals surface area contributed by atoms with Crippen molar-refractivity contribution < 1.29 is 4.74 Å². The molecule has 122 valence electrons. The van der Waals surface area contributed by atoms with Gasteiger partial charge in [-0.05, 0) is 44.0 Å². The molecule has 0 aromatic carbocycles. The van der Waals surface area contributed by atoms with Crippen molar-refractivity contribution >= 4 is 5.82 Å². The number of aryl methyl sites for hydroxylation is 1. The summed E-state index contributed by atoms with van der Waals surface area (Å²) in [5.74, 6) is 2.31. The first-order chi connectivity index (χ1) is 11.2. The lowest BCUT2D eigenvalue weighted by Crippen LogP contribution is -2.23. The van der Waals surface area contributed by atoms with E-state index in [1.165, 1.54) is 6.42 Å². The average Bonchev–Trinajstić information content (AvgIpc) is 3.01. The maximum atomic E-state index is 5.19. The van der Waals surface area contributed by atoms with E-state index in [4.69, 9.17) is 4.74 Å². The summed E-state index contributed by atoms with van der Waals surface area (Å²) in [6.07, 6.45) is 1.21. The highest BCUT2D eigenvalue weighted by atomic mass is 16.5. The predicted molar refractivity (Wildman–Crippen MR) is 91.6 cm³/mol. The number of aromatic nitrogens is 2. The van der Waals surface area contributed by atoms with E-state index in [1.54, 1.807) is 7.11 Å². The lowest BCUT2D eigenvalue weighted by molar-refractivity contribution is 0.312. The Morgan fingerprint density at radius 1 is 1.22 bits per heavy atom. The van der Waals surface area contributed by atoms with Crippen molar-refractivity contribution in [1.29, 1.82) is 0 Å². The van der Waals surface area contributed by atoms with Gasteiger partial charge in [-0.2, -0.15) is 0 Å². The largest absolute Gasteiger partial charge is 0.481 e. The molecule has 0 radical (unpaired) electrons. The van der Waals surface area contributed by atoms with Crippen LogP contribution in [-0.2, 0) is 6.54 Å². The van der Waals surface area contributed by atoms with Gasteiger partial charge >= 0.3 is 0 Å². The Labute approximate surface area is 137 Å². The number of ether oxygens (including phenoxy) is 1. The highest BCUT2D eigenvalue weighted by Crippen LogP contribution is 2.19. The number of hydrogen-bond donors (Lipinski definition) is 1. The monoisotopic (exact) mass is 312 g/mol. The fourth-order valence-corrected chi connectivity index (χ4v) is 3.00. The number of pyridine rings is 2. The molecule has 0 saturated carbocycles. The summed E-state index contributed by atoms with van der Waals surface area (Å²) in [5, 5.41) is 3.46. The first kappa shape index (κ1) is 15.7. The quantitative estimate of drug-likeness (QED) is 0.889. The van der Waals surface area contributed by atoms with Gasteiger partial charge in [0.15, 0.2) is 0 Å². The van der Waals surface area contributed by atoms with Crippen LogP contribution >= 0.6 is 0 Å². The molecule has 1 aliphatic heterocycles. The maximum Gasteiger partial charge on any atom is 0.213 e. The number of methoxy groups -OCH3 is 1. The number of anilines is 1. The minimum atomic E-state index is 0.655. The number of nitrogens with zero attached hydrogens (tertiary/aromatic N) is 3. The van der Waals surface area contributed by atoms with Gasteiger partial charge in [-0.25, -0.2) is 9.97 Å². The summed E-state index contributed by atoms with van der Waals surface area (Å²) in [6.45, 7) is 6.09. The molecule has 0 bridgehead atoms. The van der Waals surface area contributed by atoms with E-state index in [0.29, 0.717) is 11.8 Å². The van der Waals surface area contributed by atoms with Crippen LogP contribution in [0.15, 0.2) is 36.4 Å². The second-order valence-electron chi connectivity index (χ2n) is 6.11. The molecule has 0 spiro atoms. The molecular weight excluding hydrogens is 288 g/mol. The molecule has 1 fully saturated rings. The normalized spacial score (nSPS) is 18.1. The van der Waals surface area contributed by atoms with Crippen LogP contribution in [0.4, 0.5) is 5.82 Å². The Bertz CT molecular complexity index is 646. The molecule has 5 heteroatoms. The molecule has 1 N–H and O–H groups in total. The van der Waals surface area contributed by atoms with Gasteiger partial charge in [-0.15, -0.1) is 0 Å². The summed E-state index contributed by atoms with van der Waals surface area (Å²) in [5.41, 5.74) is 2.12. The molecule has 3 rings (SSSR count). The van der Waals surface area contributed by atoms with Gasteiger partial charge in [0.05, 0.1) is 12.8 Å². The van der Waals surface area contributed by atoms with Crippen molar-refractivity contribution in [2.45, 2.75) is 19.9 Å². The van der Waals surface area contributed by atoms with E-state index in [2.05, 4.69) is 26.3 Å². The Morgan fingerprint density at radius 3 is 2.91 bits per heavy atom. The van der Waals surface area contributed by atoms with Crippen LogP contribution in [0.2, 0.25) is 0 Å². The Balaban J connectivity index is 1.48. The molecular formula is C18H24N4O. The Kier molecular flexibility index (Phi) is 5.08. The third kappa shape index (κ3) is 4.42. The van der Waals surface area contributed by atoms with Gasteiger partial charge in [0.1, 0.15) is 5.82 Å². The molecule has 2 aromatic rings. The zero-order valence-corrected chi connectivity index (χ0v) is 13.8. The van der Waals surface area contributed by atoms with Crippen molar-refractivity contribution in [3.8, 4) is 5.88 Å². The molecule has 1 aliphatic rings. The zero-order valence-electron chi connectivity index (χ0n) is 13.8. The standard InChI is InChI=1S/C18H24N4O/c1-14-5-3-7-17(20-14)19-11-15-9-10-22(12-15)13-16-6-4-8-18(21-16)23-2/h3-8,15H,9-13H2,1-2H3,(H,19,20)/t15-/m0/s1. The Hall–Kier alpha value is -2.14. The molecule has 0 aliphatic carbocycles. The van der Waals surface area contributed by atoms with E-state index in [-0.39, 0.29) is 0 Å². The van der Waals surface area contributed by atoms with E-state index in [0.717, 1.165) is 43.4 Å². The lowest BCUT2D eigenvalue weighted by Gasteiger charge is -2.16. The van der Waals surface area contributed by atoms with E-state index >= 15 is 0 Å². The minimum Gasteiger partial charge on any atom is -0.481 e. The van der Waals surface area contributed by atoms with Gasteiger partial charge in [-0.3, -0.25) is 4.90 Å². The molecule has 1 saturated heterocycles. The summed E-state index contributed by atoms with van der Waals surface area (Å²) in [7, 11) is 1.66. The minimum absolute atomic E-state index is 0.655. The molecule has 3 heterocycles. The maximum absolute atomic E-state index is 5.19. The van der Waals surface area contributed by atoms with Crippen LogP contribution < -0.4 is 10.1 Å². The number of rotatable bonds is 6. The van der Waals surface area contributed by atoms with Gasteiger partial charge < -0.3 is 10.1 Å². The lowest BCUT2D eigenvalue weighted by atomic mass is 10.1. The molecule has 23 heavy (non-hydrogen) atoms. The average molecular weight is 312 g/mol. The van der Waals surface area contributed by atoms with Gasteiger partial charge in [0.25, 0.3) is 0 Å². The molecule has 0 amide bonds. The van der Waals surface area contributed by atoms with Crippen LogP contribution in [0.25, 0.3) is 0 Å². The molecule has 1 atom stereocenters. The van der Waals surface area contributed by atoms with E-state index < -0.39 is 0 Å². The predicted octanol–water partition coefficient (Wildman–Crippen LogP) is 2.73. The topological polar surface area (TPSA) is 50.3 Å². The summed E-state index contributed by atoms with van der Waals surface area (Å²) >= 11 is 0. The fraction of sp³-hybridized carbons (Fsp3) is 0.444. The summed E-state index contributed by atoms with van der Waals surface area (Å²) < 4.78 is 5.19. The van der Waals surface area contributed by atoms with Crippen LogP contribution in [0, 0.1) is 12.8 Å². The van der Waals surface area contributed by atoms with E-state index in [9.17, 15) is 0 Å². The van der Waals surface area contributed by atoms with Gasteiger partial charge in [0, 0.05) is 31.4 Å². The van der Waals surface area contributed by atoms with Gasteiger partial charge in [0.2, 0.25) is 5.88 Å². The second kappa shape index (κ2) is 7.42. The Morgan fingerprint density at radius 2 is 2.09 bits per heavy atom. The third-order valence-corrected chi connectivity index (χ3v) is 4.21. The van der Waals surface area contributed by atoms with Crippen molar-refractivity contribution in [1.82, 2.24) is 14.9 Å². The highest BCUT2D eigenvalue weighted by Gasteiger charge is 2.22. The molecule has 0 unspecified atom stereocenters. The van der Waals surface area contributed by atoms with Crippen molar-refractivity contribution in [2.24, 2.45) is 5.92 Å². The van der Waals surface area contributed by atoms with Crippen LogP contribution in [0.3, 0.4) is 0 Å². The number of nitrogens with one attached hydrogen (secondary N) is 1.